The number of hydrogen-bond acceptors (Lipinski definition) is 5. The molecule has 0 fully saturated rings. The van der Waals surface area contributed by atoms with Crippen LogP contribution in [0.25, 0.3) is 0 Å². The minimum absolute atomic E-state index is 0.0589. The van der Waals surface area contributed by atoms with Gasteiger partial charge >= 0.3 is 0 Å². The second-order valence-electron chi connectivity index (χ2n) is 7.44. The molecule has 0 unspecified atom stereocenters. The number of amides is 1. The lowest BCUT2D eigenvalue weighted by atomic mass is 10.1. The third kappa shape index (κ3) is 5.55. The summed E-state index contributed by atoms with van der Waals surface area (Å²) in [6.45, 7) is 8.57. The van der Waals surface area contributed by atoms with Gasteiger partial charge in [0.1, 0.15) is 17.5 Å². The standard InChI is InChI=1S/C21H29N3O3S/c1-7-8-9-16-14-24(21(2,3)4)28-20(16)23-19(25)17-12-15(13-22-27-6)10-11-18(17)26-5/h10-14H,7-9H2,1-6H3/b22-13+,23-20-. The Morgan fingerprint density at radius 3 is 2.64 bits per heavy atom. The number of ether oxygens (including phenoxy) is 1. The van der Waals surface area contributed by atoms with Crippen LogP contribution in [0.2, 0.25) is 0 Å². The van der Waals surface area contributed by atoms with Crippen molar-refractivity contribution in [2.75, 3.05) is 14.2 Å². The number of carbonyl (C=O) groups excluding carboxylic acids is 1. The number of carbonyl (C=O) groups is 1. The predicted octanol–water partition coefficient (Wildman–Crippen LogP) is 4.38. The van der Waals surface area contributed by atoms with Gasteiger partial charge in [0.2, 0.25) is 0 Å². The molecule has 1 aromatic carbocycles. The average Bonchev–Trinajstić information content (AvgIpc) is 3.07. The van der Waals surface area contributed by atoms with Crippen LogP contribution in [-0.2, 0) is 16.8 Å². The fraction of sp³-hybridized carbons (Fsp3) is 0.476. The molecule has 1 heterocycles. The van der Waals surface area contributed by atoms with E-state index in [1.165, 1.54) is 18.6 Å². The van der Waals surface area contributed by atoms with Crippen LogP contribution in [0.15, 0.2) is 34.5 Å². The molecular weight excluding hydrogens is 374 g/mol. The number of aryl methyl sites for hydroxylation is 1. The minimum Gasteiger partial charge on any atom is -0.496 e. The fourth-order valence-corrected chi connectivity index (χ4v) is 3.61. The topological polar surface area (TPSA) is 65.2 Å². The molecule has 0 saturated heterocycles. The van der Waals surface area contributed by atoms with Gasteiger partial charge in [-0.3, -0.25) is 8.75 Å². The molecule has 0 radical (unpaired) electrons. The van der Waals surface area contributed by atoms with Crippen molar-refractivity contribution in [3.05, 3.63) is 45.8 Å². The third-order valence-corrected chi connectivity index (χ3v) is 5.53. The number of methoxy groups -OCH3 is 1. The molecule has 7 heteroatoms. The Morgan fingerprint density at radius 1 is 1.29 bits per heavy atom. The number of aromatic nitrogens is 1. The zero-order valence-corrected chi connectivity index (χ0v) is 18.3. The van der Waals surface area contributed by atoms with E-state index in [4.69, 9.17) is 9.57 Å². The van der Waals surface area contributed by atoms with Crippen molar-refractivity contribution < 1.29 is 14.4 Å². The second-order valence-corrected chi connectivity index (χ2v) is 8.41. The Labute approximate surface area is 170 Å². The predicted molar refractivity (Wildman–Crippen MR) is 113 cm³/mol. The molecule has 0 spiro atoms. The van der Waals surface area contributed by atoms with Crippen molar-refractivity contribution >= 4 is 23.7 Å². The maximum Gasteiger partial charge on any atom is 0.282 e. The van der Waals surface area contributed by atoms with Crippen molar-refractivity contribution in [2.45, 2.75) is 52.5 Å². The molecule has 1 aromatic heterocycles. The van der Waals surface area contributed by atoms with Gasteiger partial charge in [0.05, 0.1) is 18.9 Å². The maximum absolute atomic E-state index is 13.0. The van der Waals surface area contributed by atoms with Crippen LogP contribution >= 0.6 is 11.5 Å². The van der Waals surface area contributed by atoms with E-state index in [-0.39, 0.29) is 11.4 Å². The van der Waals surface area contributed by atoms with Crippen LogP contribution in [0, 0.1) is 0 Å². The number of benzene rings is 1. The Balaban J connectivity index is 2.50. The summed E-state index contributed by atoms with van der Waals surface area (Å²) in [6, 6.07) is 5.26. The molecular formula is C21H29N3O3S. The Hall–Kier alpha value is -2.41. The highest BCUT2D eigenvalue weighted by molar-refractivity contribution is 7.04. The maximum atomic E-state index is 13.0. The lowest BCUT2D eigenvalue weighted by Crippen LogP contribution is -2.18. The smallest absolute Gasteiger partial charge is 0.282 e. The molecule has 0 atom stereocenters. The number of oxime groups is 1. The second kappa shape index (κ2) is 9.68. The molecule has 0 aliphatic rings. The number of hydrogen-bond donors (Lipinski definition) is 0. The van der Waals surface area contributed by atoms with E-state index in [1.807, 2.05) is 6.07 Å². The SMILES string of the molecule is CCCCc1cn(C(C)(C)C)s/c1=N\C(=O)c1cc(/C=N/OC)ccc1OC. The Kier molecular flexibility index (Phi) is 7.57. The zero-order valence-electron chi connectivity index (χ0n) is 17.5. The Bertz CT molecular complexity index is 904. The van der Waals surface area contributed by atoms with E-state index < -0.39 is 0 Å². The molecule has 0 aliphatic carbocycles. The van der Waals surface area contributed by atoms with Gasteiger partial charge in [0, 0.05) is 17.3 Å². The lowest BCUT2D eigenvalue weighted by Gasteiger charge is -2.19. The summed E-state index contributed by atoms with van der Waals surface area (Å²) in [5, 5.41) is 3.75. The van der Waals surface area contributed by atoms with Crippen molar-refractivity contribution in [1.82, 2.24) is 3.96 Å². The van der Waals surface area contributed by atoms with Crippen molar-refractivity contribution in [3.63, 3.8) is 0 Å². The summed E-state index contributed by atoms with van der Waals surface area (Å²) in [5.41, 5.74) is 2.19. The molecule has 0 aliphatic heterocycles. The number of rotatable bonds is 7. The first-order valence-electron chi connectivity index (χ1n) is 9.36. The molecule has 6 nitrogen and oxygen atoms in total. The van der Waals surface area contributed by atoms with E-state index in [2.05, 4.69) is 48.0 Å². The monoisotopic (exact) mass is 403 g/mol. The van der Waals surface area contributed by atoms with Crippen LogP contribution < -0.4 is 9.41 Å². The van der Waals surface area contributed by atoms with E-state index >= 15 is 0 Å². The van der Waals surface area contributed by atoms with Crippen LogP contribution in [0.1, 0.15) is 62.0 Å². The zero-order chi connectivity index (χ0) is 20.7. The molecule has 2 aromatic rings. The highest BCUT2D eigenvalue weighted by Gasteiger charge is 2.17. The van der Waals surface area contributed by atoms with Crippen LogP contribution in [-0.4, -0.2) is 30.3 Å². The molecule has 0 saturated carbocycles. The van der Waals surface area contributed by atoms with Gasteiger partial charge in [0.25, 0.3) is 5.91 Å². The fourth-order valence-electron chi connectivity index (χ4n) is 2.58. The van der Waals surface area contributed by atoms with E-state index in [1.54, 1.807) is 25.5 Å². The minimum atomic E-state index is -0.329. The first-order chi connectivity index (χ1) is 13.3. The highest BCUT2D eigenvalue weighted by atomic mass is 32.1. The van der Waals surface area contributed by atoms with Gasteiger partial charge < -0.3 is 9.57 Å². The van der Waals surface area contributed by atoms with Crippen molar-refractivity contribution in [2.24, 2.45) is 10.1 Å². The molecule has 152 valence electrons. The summed E-state index contributed by atoms with van der Waals surface area (Å²) >= 11 is 1.51. The van der Waals surface area contributed by atoms with E-state index in [9.17, 15) is 4.79 Å². The van der Waals surface area contributed by atoms with Crippen molar-refractivity contribution in [3.8, 4) is 5.75 Å². The van der Waals surface area contributed by atoms with Crippen LogP contribution in [0.4, 0.5) is 0 Å². The number of unbranched alkanes of at least 4 members (excludes halogenated alkanes) is 1. The highest BCUT2D eigenvalue weighted by Crippen LogP contribution is 2.21. The van der Waals surface area contributed by atoms with Gasteiger partial charge in [0.15, 0.2) is 0 Å². The van der Waals surface area contributed by atoms with E-state index in [0.29, 0.717) is 11.3 Å². The quantitative estimate of drug-likeness (QED) is 0.509. The van der Waals surface area contributed by atoms with Gasteiger partial charge in [-0.15, -0.1) is 0 Å². The Morgan fingerprint density at radius 2 is 2.04 bits per heavy atom. The van der Waals surface area contributed by atoms with Gasteiger partial charge in [-0.2, -0.15) is 4.99 Å². The third-order valence-electron chi connectivity index (χ3n) is 4.16. The lowest BCUT2D eigenvalue weighted by molar-refractivity contribution is 0.0996. The van der Waals surface area contributed by atoms with Crippen LogP contribution in [0.5, 0.6) is 5.75 Å². The van der Waals surface area contributed by atoms with Gasteiger partial charge in [-0.25, -0.2) is 0 Å². The first kappa shape index (κ1) is 21.9. The summed E-state index contributed by atoms with van der Waals surface area (Å²) in [5.74, 6) is 0.156. The normalized spacial score (nSPS) is 12.6. The largest absolute Gasteiger partial charge is 0.496 e. The summed E-state index contributed by atoms with van der Waals surface area (Å²) in [6.07, 6.45) is 6.71. The summed E-state index contributed by atoms with van der Waals surface area (Å²) in [7, 11) is 3.01. The summed E-state index contributed by atoms with van der Waals surface area (Å²) < 4.78 is 8.27. The molecule has 1 amide bonds. The summed E-state index contributed by atoms with van der Waals surface area (Å²) in [4.78, 5) is 22.1. The molecule has 0 bridgehead atoms. The average molecular weight is 404 g/mol. The van der Waals surface area contributed by atoms with Gasteiger partial charge in [-0.05, 0) is 68.9 Å². The number of nitrogens with zero attached hydrogens (tertiary/aromatic N) is 3. The molecule has 28 heavy (non-hydrogen) atoms. The van der Waals surface area contributed by atoms with Gasteiger partial charge in [-0.1, -0.05) is 18.5 Å². The first-order valence-corrected chi connectivity index (χ1v) is 10.1. The van der Waals surface area contributed by atoms with E-state index in [0.717, 1.165) is 35.1 Å². The van der Waals surface area contributed by atoms with Crippen molar-refractivity contribution in [1.29, 1.82) is 0 Å². The molecule has 0 N–H and O–H groups in total. The molecule has 2 rings (SSSR count). The van der Waals surface area contributed by atoms with Crippen LogP contribution in [0.3, 0.4) is 0 Å².